The van der Waals surface area contributed by atoms with Crippen molar-refractivity contribution in [2.24, 2.45) is 11.8 Å². The van der Waals surface area contributed by atoms with Gasteiger partial charge in [0.25, 0.3) is 10.0 Å². The number of sulfonamides is 1. The number of benzene rings is 1. The smallest absolute Gasteiger partial charge is 0.253 e. The van der Waals surface area contributed by atoms with E-state index in [9.17, 15) is 8.42 Å². The Kier molecular flexibility index (Phi) is 5.47. The standard InChI is InChI=1S/C14H22N6O2S/c1-11(8-19(2)3)9-20-10-14(16-18-20)12-4-6-13(7-5-12)23(21,22)17-15/h4-7,10-11,17H,8-9,15H2,1-3H3. The summed E-state index contributed by atoms with van der Waals surface area (Å²) in [7, 11) is 0.436. The number of nitrogens with one attached hydrogen (secondary N) is 1. The lowest BCUT2D eigenvalue weighted by atomic mass is 10.1. The summed E-state index contributed by atoms with van der Waals surface area (Å²) in [6.07, 6.45) is 1.86. The Labute approximate surface area is 136 Å². The summed E-state index contributed by atoms with van der Waals surface area (Å²) in [5.41, 5.74) is 1.50. The maximum absolute atomic E-state index is 11.6. The number of aromatic nitrogens is 3. The van der Waals surface area contributed by atoms with Crippen molar-refractivity contribution >= 4 is 10.0 Å². The van der Waals surface area contributed by atoms with Crippen molar-refractivity contribution in [3.8, 4) is 11.3 Å². The summed E-state index contributed by atoms with van der Waals surface area (Å²) >= 11 is 0. The van der Waals surface area contributed by atoms with Gasteiger partial charge < -0.3 is 4.90 Å². The quantitative estimate of drug-likeness (QED) is 0.555. The second-order valence-electron chi connectivity index (χ2n) is 5.84. The van der Waals surface area contributed by atoms with E-state index < -0.39 is 10.0 Å². The van der Waals surface area contributed by atoms with Crippen LogP contribution in [0.15, 0.2) is 35.4 Å². The third-order valence-corrected chi connectivity index (χ3v) is 4.53. The third-order valence-electron chi connectivity index (χ3n) is 3.33. The van der Waals surface area contributed by atoms with E-state index >= 15 is 0 Å². The molecule has 0 fully saturated rings. The van der Waals surface area contributed by atoms with Crippen molar-refractivity contribution < 1.29 is 8.42 Å². The first-order chi connectivity index (χ1) is 10.8. The zero-order valence-electron chi connectivity index (χ0n) is 13.5. The number of nitrogens with zero attached hydrogens (tertiary/aromatic N) is 4. The zero-order chi connectivity index (χ0) is 17.0. The highest BCUT2D eigenvalue weighted by Crippen LogP contribution is 2.19. The van der Waals surface area contributed by atoms with E-state index in [1.165, 1.54) is 12.1 Å². The maximum atomic E-state index is 11.6. The molecule has 0 aliphatic carbocycles. The molecule has 0 bridgehead atoms. The Bertz CT molecular complexity index is 739. The summed E-state index contributed by atoms with van der Waals surface area (Å²) in [6.45, 7) is 3.89. The first kappa shape index (κ1) is 17.5. The minimum Gasteiger partial charge on any atom is -0.309 e. The van der Waals surface area contributed by atoms with Gasteiger partial charge in [-0.25, -0.2) is 8.42 Å². The molecule has 0 spiro atoms. The van der Waals surface area contributed by atoms with Gasteiger partial charge in [0.05, 0.1) is 11.1 Å². The Morgan fingerprint density at radius 1 is 1.30 bits per heavy atom. The molecule has 3 N–H and O–H groups in total. The summed E-state index contributed by atoms with van der Waals surface area (Å²) in [5, 5.41) is 8.26. The van der Waals surface area contributed by atoms with Crippen LogP contribution in [0.2, 0.25) is 0 Å². The van der Waals surface area contributed by atoms with Crippen molar-refractivity contribution in [3.63, 3.8) is 0 Å². The lowest BCUT2D eigenvalue weighted by Gasteiger charge is -2.16. The number of rotatable bonds is 7. The molecule has 0 saturated carbocycles. The molecule has 126 valence electrons. The van der Waals surface area contributed by atoms with Crippen molar-refractivity contribution in [1.29, 1.82) is 0 Å². The summed E-state index contributed by atoms with van der Waals surface area (Å²) in [6, 6.07) is 6.33. The van der Waals surface area contributed by atoms with Crippen molar-refractivity contribution in [3.05, 3.63) is 30.5 Å². The van der Waals surface area contributed by atoms with E-state index in [2.05, 4.69) is 22.1 Å². The molecule has 23 heavy (non-hydrogen) atoms. The van der Waals surface area contributed by atoms with Crippen LogP contribution in [0.5, 0.6) is 0 Å². The number of hydrogen-bond acceptors (Lipinski definition) is 6. The van der Waals surface area contributed by atoms with Crippen LogP contribution in [0.25, 0.3) is 11.3 Å². The molecule has 9 heteroatoms. The Morgan fingerprint density at radius 2 is 1.96 bits per heavy atom. The molecule has 0 amide bonds. The number of nitrogens with two attached hydrogens (primary N) is 1. The van der Waals surface area contributed by atoms with Crippen LogP contribution in [0.4, 0.5) is 0 Å². The minimum atomic E-state index is -3.64. The molecule has 1 aromatic carbocycles. The fraction of sp³-hybridized carbons (Fsp3) is 0.429. The van der Waals surface area contributed by atoms with E-state index in [4.69, 9.17) is 5.84 Å². The Hall–Kier alpha value is -1.81. The van der Waals surface area contributed by atoms with Crippen LogP contribution in [0.3, 0.4) is 0 Å². The minimum absolute atomic E-state index is 0.107. The highest BCUT2D eigenvalue weighted by molar-refractivity contribution is 7.89. The first-order valence-electron chi connectivity index (χ1n) is 7.19. The average Bonchev–Trinajstić information content (AvgIpc) is 2.95. The zero-order valence-corrected chi connectivity index (χ0v) is 14.3. The first-order valence-corrected chi connectivity index (χ1v) is 8.68. The maximum Gasteiger partial charge on any atom is 0.253 e. The fourth-order valence-electron chi connectivity index (χ4n) is 2.39. The molecular formula is C14H22N6O2S. The SMILES string of the molecule is CC(CN(C)C)Cn1cc(-c2ccc(S(=O)(=O)NN)cc2)nn1. The highest BCUT2D eigenvalue weighted by Gasteiger charge is 2.13. The third kappa shape index (κ3) is 4.58. The van der Waals surface area contributed by atoms with Crippen LogP contribution in [-0.4, -0.2) is 49.0 Å². The summed E-state index contributed by atoms with van der Waals surface area (Å²) < 4.78 is 25.0. The Morgan fingerprint density at radius 3 is 2.52 bits per heavy atom. The van der Waals surface area contributed by atoms with Gasteiger partial charge in [-0.1, -0.05) is 24.3 Å². The van der Waals surface area contributed by atoms with E-state index in [1.807, 2.05) is 20.3 Å². The highest BCUT2D eigenvalue weighted by atomic mass is 32.2. The lowest BCUT2D eigenvalue weighted by molar-refractivity contribution is 0.306. The number of hydrogen-bond donors (Lipinski definition) is 2. The predicted octanol–water partition coefficient (Wildman–Crippen LogP) is 0.295. The Balaban J connectivity index is 2.11. The molecule has 8 nitrogen and oxygen atoms in total. The molecular weight excluding hydrogens is 316 g/mol. The van der Waals surface area contributed by atoms with Gasteiger partial charge in [-0.2, -0.15) is 4.83 Å². The molecule has 1 atom stereocenters. The lowest BCUT2D eigenvalue weighted by Crippen LogP contribution is -2.30. The molecule has 2 aromatic rings. The average molecular weight is 338 g/mol. The molecule has 1 heterocycles. The molecule has 0 saturated heterocycles. The van der Waals surface area contributed by atoms with E-state index in [0.717, 1.165) is 18.7 Å². The van der Waals surface area contributed by atoms with Gasteiger partial charge in [-0.15, -0.1) is 5.10 Å². The van der Waals surface area contributed by atoms with Crippen molar-refractivity contribution in [2.75, 3.05) is 20.6 Å². The molecule has 1 unspecified atom stereocenters. The topological polar surface area (TPSA) is 106 Å². The van der Waals surface area contributed by atoms with Crippen molar-refractivity contribution in [2.45, 2.75) is 18.4 Å². The van der Waals surface area contributed by atoms with E-state index in [1.54, 1.807) is 21.6 Å². The fourth-order valence-corrected chi connectivity index (χ4v) is 3.02. The summed E-state index contributed by atoms with van der Waals surface area (Å²) in [5.74, 6) is 5.45. The van der Waals surface area contributed by atoms with Gasteiger partial charge in [-0.3, -0.25) is 10.5 Å². The van der Waals surface area contributed by atoms with Crippen molar-refractivity contribution in [1.82, 2.24) is 24.7 Å². The van der Waals surface area contributed by atoms with Gasteiger partial charge in [0.2, 0.25) is 0 Å². The monoisotopic (exact) mass is 338 g/mol. The molecule has 2 rings (SSSR count). The molecule has 0 aliphatic rings. The van der Waals surface area contributed by atoms with E-state index in [0.29, 0.717) is 11.6 Å². The van der Waals surface area contributed by atoms with Crippen LogP contribution < -0.4 is 10.7 Å². The van der Waals surface area contributed by atoms with Crippen LogP contribution in [0, 0.1) is 5.92 Å². The normalized spacial score (nSPS) is 13.4. The van der Waals surface area contributed by atoms with Gasteiger partial charge in [0.15, 0.2) is 0 Å². The molecule has 0 radical (unpaired) electrons. The second-order valence-corrected chi connectivity index (χ2v) is 7.55. The van der Waals surface area contributed by atoms with Crippen LogP contribution >= 0.6 is 0 Å². The van der Waals surface area contributed by atoms with E-state index in [-0.39, 0.29) is 4.90 Å². The number of hydrazine groups is 1. The van der Waals surface area contributed by atoms with Crippen LogP contribution in [0.1, 0.15) is 6.92 Å². The van der Waals surface area contributed by atoms with Crippen LogP contribution in [-0.2, 0) is 16.6 Å². The molecule has 1 aromatic heterocycles. The van der Waals surface area contributed by atoms with Gasteiger partial charge in [0.1, 0.15) is 5.69 Å². The largest absolute Gasteiger partial charge is 0.309 e. The predicted molar refractivity (Wildman–Crippen MR) is 87.7 cm³/mol. The van der Waals surface area contributed by atoms with Gasteiger partial charge in [0, 0.05) is 18.7 Å². The van der Waals surface area contributed by atoms with Gasteiger partial charge >= 0.3 is 0 Å². The second kappa shape index (κ2) is 7.18. The molecule has 0 aliphatic heterocycles. The van der Waals surface area contributed by atoms with Gasteiger partial charge in [-0.05, 0) is 32.1 Å². The summed E-state index contributed by atoms with van der Waals surface area (Å²) in [4.78, 5) is 4.03.